The van der Waals surface area contributed by atoms with Gasteiger partial charge in [-0.3, -0.25) is 4.79 Å². The normalized spacial score (nSPS) is 11.3. The van der Waals surface area contributed by atoms with Crippen molar-refractivity contribution in [2.75, 3.05) is 37.5 Å². The molecule has 1 amide bonds. The smallest absolute Gasteiger partial charge is 0.339 e. The maximum atomic E-state index is 12.6. The lowest BCUT2D eigenvalue weighted by atomic mass is 9.86. The van der Waals surface area contributed by atoms with E-state index < -0.39 is 5.97 Å². The van der Waals surface area contributed by atoms with E-state index >= 15 is 0 Å². The second-order valence-electron chi connectivity index (χ2n) is 7.32. The molecule has 1 aromatic carbocycles. The maximum Gasteiger partial charge on any atom is 0.339 e. The van der Waals surface area contributed by atoms with Gasteiger partial charge in [-0.15, -0.1) is 11.3 Å². The summed E-state index contributed by atoms with van der Waals surface area (Å²) in [6.07, 6.45) is 0. The van der Waals surface area contributed by atoms with Crippen molar-refractivity contribution in [2.45, 2.75) is 26.2 Å². The first-order chi connectivity index (χ1) is 12.6. The summed E-state index contributed by atoms with van der Waals surface area (Å²) in [7, 11) is 3.61. The van der Waals surface area contributed by atoms with Crippen molar-refractivity contribution in [1.29, 1.82) is 0 Å². The van der Waals surface area contributed by atoms with Crippen LogP contribution in [0.3, 0.4) is 0 Å². The molecule has 1 aromatic heterocycles. The standard InChI is InChI=1S/C20H26N2O4S/c1-20(2,3)15-12-27-18(16(15)19(24)25)21-17(23)13-6-8-14(9-7-13)22(4)10-11-26-5/h6-9,12H,10-11H2,1-5H3,(H,21,23)(H,24,25). The number of benzene rings is 1. The second-order valence-corrected chi connectivity index (χ2v) is 8.20. The molecule has 0 radical (unpaired) electrons. The lowest BCUT2D eigenvalue weighted by Gasteiger charge is -2.19. The number of anilines is 2. The highest BCUT2D eigenvalue weighted by Gasteiger charge is 2.27. The highest BCUT2D eigenvalue weighted by Crippen LogP contribution is 2.36. The Bertz CT molecular complexity index is 806. The zero-order valence-corrected chi connectivity index (χ0v) is 17.1. The molecule has 0 aliphatic carbocycles. The summed E-state index contributed by atoms with van der Waals surface area (Å²) in [5, 5.41) is 14.5. The fraction of sp³-hybridized carbons (Fsp3) is 0.400. The van der Waals surface area contributed by atoms with E-state index in [2.05, 4.69) is 5.32 Å². The molecule has 0 aliphatic rings. The third kappa shape index (κ3) is 5.08. The van der Waals surface area contributed by atoms with Crippen molar-refractivity contribution in [3.8, 4) is 0 Å². The Balaban J connectivity index is 2.18. The number of rotatable bonds is 7. The summed E-state index contributed by atoms with van der Waals surface area (Å²) in [6.45, 7) is 7.21. The summed E-state index contributed by atoms with van der Waals surface area (Å²) in [4.78, 5) is 26.3. The van der Waals surface area contributed by atoms with Crippen LogP contribution in [0, 0.1) is 0 Å². The molecule has 0 unspecified atom stereocenters. The first kappa shape index (κ1) is 20.9. The van der Waals surface area contributed by atoms with E-state index in [9.17, 15) is 14.7 Å². The largest absolute Gasteiger partial charge is 0.478 e. The predicted molar refractivity (Wildman–Crippen MR) is 110 cm³/mol. The number of carboxylic acids is 1. The minimum absolute atomic E-state index is 0.164. The number of amides is 1. The van der Waals surface area contributed by atoms with Crippen LogP contribution in [0.4, 0.5) is 10.7 Å². The van der Waals surface area contributed by atoms with Crippen LogP contribution < -0.4 is 10.2 Å². The van der Waals surface area contributed by atoms with E-state index in [1.165, 1.54) is 11.3 Å². The first-order valence-corrected chi connectivity index (χ1v) is 9.50. The molecule has 6 nitrogen and oxygen atoms in total. The van der Waals surface area contributed by atoms with Crippen LogP contribution in [-0.2, 0) is 10.2 Å². The van der Waals surface area contributed by atoms with Crippen molar-refractivity contribution in [3.63, 3.8) is 0 Å². The number of nitrogens with zero attached hydrogens (tertiary/aromatic N) is 1. The first-order valence-electron chi connectivity index (χ1n) is 8.62. The van der Waals surface area contributed by atoms with Crippen LogP contribution in [0.15, 0.2) is 29.6 Å². The number of thiophene rings is 1. The molecule has 0 saturated carbocycles. The number of carbonyl (C=O) groups excluding carboxylic acids is 1. The van der Waals surface area contributed by atoms with Gasteiger partial charge in [-0.1, -0.05) is 20.8 Å². The van der Waals surface area contributed by atoms with Gasteiger partial charge in [0.2, 0.25) is 0 Å². The van der Waals surface area contributed by atoms with Gasteiger partial charge in [0.1, 0.15) is 5.00 Å². The summed E-state index contributed by atoms with van der Waals surface area (Å²) in [5.74, 6) is -1.36. The highest BCUT2D eigenvalue weighted by atomic mass is 32.1. The van der Waals surface area contributed by atoms with Gasteiger partial charge in [0.05, 0.1) is 12.2 Å². The fourth-order valence-electron chi connectivity index (χ4n) is 2.61. The van der Waals surface area contributed by atoms with E-state index in [1.54, 1.807) is 24.6 Å². The zero-order valence-electron chi connectivity index (χ0n) is 16.3. The number of carboxylic acid groups (broad SMARTS) is 1. The van der Waals surface area contributed by atoms with E-state index in [0.29, 0.717) is 22.7 Å². The molecular weight excluding hydrogens is 364 g/mol. The number of aromatic carboxylic acids is 1. The molecule has 0 bridgehead atoms. The molecule has 0 saturated heterocycles. The van der Waals surface area contributed by atoms with Crippen LogP contribution in [0.25, 0.3) is 0 Å². The minimum atomic E-state index is -1.04. The Morgan fingerprint density at radius 3 is 2.37 bits per heavy atom. The third-order valence-corrected chi connectivity index (χ3v) is 5.14. The van der Waals surface area contributed by atoms with Crippen LogP contribution in [0.1, 0.15) is 47.1 Å². The zero-order chi connectivity index (χ0) is 20.2. The van der Waals surface area contributed by atoms with E-state index in [0.717, 1.165) is 12.2 Å². The van der Waals surface area contributed by atoms with Gasteiger partial charge < -0.3 is 20.1 Å². The summed E-state index contributed by atoms with van der Waals surface area (Å²) in [6, 6.07) is 7.18. The van der Waals surface area contributed by atoms with E-state index in [-0.39, 0.29) is 16.9 Å². The quantitative estimate of drug-likeness (QED) is 0.745. The SMILES string of the molecule is COCCN(C)c1ccc(C(=O)Nc2scc(C(C)(C)C)c2C(=O)O)cc1. The third-order valence-electron chi connectivity index (χ3n) is 4.24. The molecule has 146 valence electrons. The monoisotopic (exact) mass is 390 g/mol. The van der Waals surface area contributed by atoms with Gasteiger partial charge in [0.25, 0.3) is 5.91 Å². The topological polar surface area (TPSA) is 78.9 Å². The Morgan fingerprint density at radius 1 is 1.22 bits per heavy atom. The number of methoxy groups -OCH3 is 1. The lowest BCUT2D eigenvalue weighted by Crippen LogP contribution is -2.22. The van der Waals surface area contributed by atoms with Crippen molar-refractivity contribution in [1.82, 2.24) is 0 Å². The summed E-state index contributed by atoms with van der Waals surface area (Å²) in [5.41, 5.74) is 2.01. The molecule has 0 aliphatic heterocycles. The molecule has 2 aromatic rings. The Kier molecular flexibility index (Phi) is 6.62. The van der Waals surface area contributed by atoms with Crippen LogP contribution in [0.5, 0.6) is 0 Å². The van der Waals surface area contributed by atoms with Crippen LogP contribution in [0.2, 0.25) is 0 Å². The number of carbonyl (C=O) groups is 2. The van der Waals surface area contributed by atoms with E-state index in [4.69, 9.17) is 4.74 Å². The second kappa shape index (κ2) is 8.54. The summed E-state index contributed by atoms with van der Waals surface area (Å²) >= 11 is 1.24. The van der Waals surface area contributed by atoms with Crippen molar-refractivity contribution >= 4 is 33.9 Å². The van der Waals surface area contributed by atoms with Crippen LogP contribution >= 0.6 is 11.3 Å². The van der Waals surface area contributed by atoms with Gasteiger partial charge in [0, 0.05) is 32.0 Å². The number of hydrogen-bond acceptors (Lipinski definition) is 5. The average molecular weight is 391 g/mol. The van der Waals surface area contributed by atoms with E-state index in [1.807, 2.05) is 44.9 Å². The number of nitrogens with one attached hydrogen (secondary N) is 1. The summed E-state index contributed by atoms with van der Waals surface area (Å²) < 4.78 is 5.07. The molecule has 2 N–H and O–H groups in total. The lowest BCUT2D eigenvalue weighted by molar-refractivity contribution is 0.0696. The minimum Gasteiger partial charge on any atom is -0.478 e. The van der Waals surface area contributed by atoms with Crippen molar-refractivity contribution in [3.05, 3.63) is 46.3 Å². The Morgan fingerprint density at radius 2 is 1.85 bits per heavy atom. The number of hydrogen-bond donors (Lipinski definition) is 2. The molecule has 7 heteroatoms. The van der Waals surface area contributed by atoms with Crippen molar-refractivity contribution in [2.24, 2.45) is 0 Å². The predicted octanol–water partition coefficient (Wildman–Crippen LogP) is 4.08. The van der Waals surface area contributed by atoms with Gasteiger partial charge in [-0.25, -0.2) is 4.79 Å². The molecule has 0 atom stereocenters. The molecule has 2 rings (SSSR count). The molecule has 27 heavy (non-hydrogen) atoms. The maximum absolute atomic E-state index is 12.6. The Hall–Kier alpha value is -2.38. The van der Waals surface area contributed by atoms with Gasteiger partial charge >= 0.3 is 5.97 Å². The van der Waals surface area contributed by atoms with Crippen molar-refractivity contribution < 1.29 is 19.4 Å². The Labute approximate surface area is 163 Å². The van der Waals surface area contributed by atoms with Gasteiger partial charge in [0.15, 0.2) is 0 Å². The number of ether oxygens (including phenoxy) is 1. The van der Waals surface area contributed by atoms with Gasteiger partial charge in [-0.2, -0.15) is 0 Å². The fourth-order valence-corrected chi connectivity index (χ4v) is 3.79. The highest BCUT2D eigenvalue weighted by molar-refractivity contribution is 7.15. The molecular formula is C20H26N2O4S. The van der Waals surface area contributed by atoms with Gasteiger partial charge in [-0.05, 0) is 40.6 Å². The number of likely N-dealkylation sites (N-methyl/N-ethyl adjacent to an activating group) is 1. The molecule has 0 spiro atoms. The molecule has 1 heterocycles. The molecule has 0 fully saturated rings. The van der Waals surface area contributed by atoms with Crippen LogP contribution in [-0.4, -0.2) is 44.3 Å². The average Bonchev–Trinajstić information content (AvgIpc) is 3.04.